The van der Waals surface area contributed by atoms with Crippen LogP contribution in [-0.4, -0.2) is 20.8 Å². The summed E-state index contributed by atoms with van der Waals surface area (Å²) < 4.78 is 3.21. The van der Waals surface area contributed by atoms with E-state index < -0.39 is 0 Å². The molecule has 2 aromatic heterocycles. The van der Waals surface area contributed by atoms with Crippen LogP contribution in [0.4, 0.5) is 0 Å². The highest BCUT2D eigenvalue weighted by Gasteiger charge is 2.12. The average molecular weight is 377 g/mol. The Kier molecular flexibility index (Phi) is 3.77. The highest BCUT2D eigenvalue weighted by Crippen LogP contribution is 2.25. The number of nitrogens with zero attached hydrogens (tertiary/aromatic N) is 3. The molecule has 0 amide bonds. The van der Waals surface area contributed by atoms with Crippen LogP contribution in [0.15, 0.2) is 42.7 Å². The van der Waals surface area contributed by atoms with Crippen molar-refractivity contribution in [3.05, 3.63) is 52.0 Å². The summed E-state index contributed by atoms with van der Waals surface area (Å²) in [5.74, 6) is 0.643. The van der Waals surface area contributed by atoms with Crippen LogP contribution in [0.5, 0.6) is 0 Å². The number of aromatic nitrogens is 3. The van der Waals surface area contributed by atoms with Gasteiger partial charge < -0.3 is 4.79 Å². The summed E-state index contributed by atoms with van der Waals surface area (Å²) in [5, 5.41) is 1.14. The Balaban J connectivity index is 2.23. The molecule has 20 heavy (non-hydrogen) atoms. The van der Waals surface area contributed by atoms with Gasteiger partial charge in [0.25, 0.3) is 0 Å². The Labute approximate surface area is 130 Å². The molecular formula is C15H12IN3O. The van der Waals surface area contributed by atoms with Crippen molar-refractivity contribution in [3.63, 3.8) is 0 Å². The SMILES string of the molecule is O=CCCc1cc2cc(I)ccc2n1-c1ncccn1. The van der Waals surface area contributed by atoms with E-state index in [4.69, 9.17) is 0 Å². The number of carbonyl (C=O) groups is 1. The van der Waals surface area contributed by atoms with E-state index in [0.29, 0.717) is 18.8 Å². The van der Waals surface area contributed by atoms with Gasteiger partial charge in [0.2, 0.25) is 5.95 Å². The summed E-state index contributed by atoms with van der Waals surface area (Å²) in [4.78, 5) is 19.3. The zero-order valence-electron chi connectivity index (χ0n) is 10.7. The van der Waals surface area contributed by atoms with Gasteiger partial charge in [-0.05, 0) is 59.3 Å². The molecule has 0 atom stereocenters. The molecule has 0 N–H and O–H groups in total. The average Bonchev–Trinajstić information content (AvgIpc) is 2.83. The normalized spacial score (nSPS) is 10.8. The first-order valence-electron chi connectivity index (χ1n) is 6.30. The highest BCUT2D eigenvalue weighted by atomic mass is 127. The fourth-order valence-electron chi connectivity index (χ4n) is 2.28. The molecule has 5 heteroatoms. The number of carbonyl (C=O) groups excluding carboxylic acids is 1. The summed E-state index contributed by atoms with van der Waals surface area (Å²) in [6, 6.07) is 10.2. The smallest absolute Gasteiger partial charge is 0.234 e. The summed E-state index contributed by atoms with van der Waals surface area (Å²) in [5.41, 5.74) is 2.12. The van der Waals surface area contributed by atoms with Gasteiger partial charge in [-0.3, -0.25) is 4.57 Å². The maximum Gasteiger partial charge on any atom is 0.234 e. The van der Waals surface area contributed by atoms with Crippen molar-refractivity contribution in [2.45, 2.75) is 12.8 Å². The zero-order valence-corrected chi connectivity index (χ0v) is 12.8. The van der Waals surface area contributed by atoms with E-state index in [1.54, 1.807) is 18.5 Å². The Hall–Kier alpha value is -1.76. The molecule has 3 aromatic rings. The second-order valence-corrected chi connectivity index (χ2v) is 5.67. The maximum atomic E-state index is 10.7. The molecule has 2 heterocycles. The van der Waals surface area contributed by atoms with Gasteiger partial charge in [0.1, 0.15) is 6.29 Å². The first kappa shape index (κ1) is 13.2. The fourth-order valence-corrected chi connectivity index (χ4v) is 2.79. The van der Waals surface area contributed by atoms with Gasteiger partial charge in [-0.2, -0.15) is 0 Å². The van der Waals surface area contributed by atoms with E-state index in [2.05, 4.69) is 56.8 Å². The van der Waals surface area contributed by atoms with Crippen LogP contribution in [0.2, 0.25) is 0 Å². The third-order valence-corrected chi connectivity index (χ3v) is 3.78. The van der Waals surface area contributed by atoms with E-state index in [0.717, 1.165) is 22.9 Å². The predicted octanol–water partition coefficient (Wildman–Crippen LogP) is 3.16. The third-order valence-electron chi connectivity index (χ3n) is 3.11. The van der Waals surface area contributed by atoms with Gasteiger partial charge in [0.15, 0.2) is 0 Å². The molecule has 0 unspecified atom stereocenters. The van der Waals surface area contributed by atoms with Crippen molar-refractivity contribution in [1.82, 2.24) is 14.5 Å². The van der Waals surface area contributed by atoms with Crippen LogP contribution in [0.3, 0.4) is 0 Å². The summed E-state index contributed by atoms with van der Waals surface area (Å²) in [6.07, 6.45) is 5.58. The number of fused-ring (bicyclic) bond motifs is 1. The lowest BCUT2D eigenvalue weighted by atomic mass is 10.2. The molecule has 0 radical (unpaired) electrons. The second kappa shape index (κ2) is 5.70. The molecular weight excluding hydrogens is 365 g/mol. The molecule has 3 rings (SSSR count). The number of halogens is 1. The minimum Gasteiger partial charge on any atom is -0.303 e. The summed E-state index contributed by atoms with van der Waals surface area (Å²) in [7, 11) is 0. The lowest BCUT2D eigenvalue weighted by Crippen LogP contribution is -2.04. The Morgan fingerprint density at radius 1 is 1.20 bits per heavy atom. The second-order valence-electron chi connectivity index (χ2n) is 4.43. The Morgan fingerprint density at radius 2 is 2.00 bits per heavy atom. The lowest BCUT2D eigenvalue weighted by Gasteiger charge is -2.07. The van der Waals surface area contributed by atoms with E-state index in [1.165, 1.54) is 3.57 Å². The molecule has 4 nitrogen and oxygen atoms in total. The molecule has 1 aromatic carbocycles. The lowest BCUT2D eigenvalue weighted by molar-refractivity contribution is -0.107. The van der Waals surface area contributed by atoms with Crippen LogP contribution >= 0.6 is 22.6 Å². The van der Waals surface area contributed by atoms with Crippen molar-refractivity contribution in [2.75, 3.05) is 0 Å². The molecule has 0 aliphatic heterocycles. The molecule has 0 saturated carbocycles. The number of rotatable bonds is 4. The highest BCUT2D eigenvalue weighted by molar-refractivity contribution is 14.1. The largest absolute Gasteiger partial charge is 0.303 e. The van der Waals surface area contributed by atoms with Crippen molar-refractivity contribution < 1.29 is 4.79 Å². The van der Waals surface area contributed by atoms with Crippen molar-refractivity contribution in [3.8, 4) is 5.95 Å². The van der Waals surface area contributed by atoms with E-state index in [1.807, 2.05) is 4.57 Å². The van der Waals surface area contributed by atoms with Crippen molar-refractivity contribution in [2.24, 2.45) is 0 Å². The Morgan fingerprint density at radius 3 is 2.75 bits per heavy atom. The first-order valence-corrected chi connectivity index (χ1v) is 7.38. The molecule has 0 bridgehead atoms. The van der Waals surface area contributed by atoms with Gasteiger partial charge in [0.05, 0.1) is 5.52 Å². The first-order chi connectivity index (χ1) is 9.79. The van der Waals surface area contributed by atoms with Crippen LogP contribution < -0.4 is 0 Å². The van der Waals surface area contributed by atoms with Gasteiger partial charge >= 0.3 is 0 Å². The van der Waals surface area contributed by atoms with Crippen LogP contribution in [0.1, 0.15) is 12.1 Å². The number of aryl methyl sites for hydroxylation is 1. The molecule has 0 saturated heterocycles. The molecule has 100 valence electrons. The van der Waals surface area contributed by atoms with Crippen molar-refractivity contribution in [1.29, 1.82) is 0 Å². The van der Waals surface area contributed by atoms with Crippen LogP contribution in [0.25, 0.3) is 16.9 Å². The minimum absolute atomic E-state index is 0.500. The summed E-state index contributed by atoms with van der Waals surface area (Å²) >= 11 is 2.30. The van der Waals surface area contributed by atoms with E-state index >= 15 is 0 Å². The number of hydrogen-bond donors (Lipinski definition) is 0. The third kappa shape index (κ3) is 2.45. The topological polar surface area (TPSA) is 47.8 Å². The van der Waals surface area contributed by atoms with Crippen LogP contribution in [-0.2, 0) is 11.2 Å². The summed E-state index contributed by atoms with van der Waals surface area (Å²) in [6.45, 7) is 0. The quantitative estimate of drug-likeness (QED) is 0.519. The standard InChI is InChI=1S/C15H12IN3O/c16-12-4-5-14-11(9-12)10-13(3-1-8-20)19(14)15-17-6-2-7-18-15/h2,4-10H,1,3H2. The molecule has 0 spiro atoms. The van der Waals surface area contributed by atoms with E-state index in [9.17, 15) is 4.79 Å². The van der Waals surface area contributed by atoms with E-state index in [-0.39, 0.29) is 0 Å². The zero-order chi connectivity index (χ0) is 13.9. The number of aldehydes is 1. The Bertz CT molecular complexity index is 752. The van der Waals surface area contributed by atoms with Gasteiger partial charge in [-0.1, -0.05) is 0 Å². The monoisotopic (exact) mass is 377 g/mol. The van der Waals surface area contributed by atoms with Gasteiger partial charge in [-0.25, -0.2) is 9.97 Å². The number of hydrogen-bond acceptors (Lipinski definition) is 3. The minimum atomic E-state index is 0.500. The van der Waals surface area contributed by atoms with Crippen molar-refractivity contribution >= 4 is 39.8 Å². The van der Waals surface area contributed by atoms with Crippen LogP contribution in [0, 0.1) is 3.57 Å². The number of benzene rings is 1. The molecule has 0 aliphatic carbocycles. The molecule has 0 aliphatic rings. The fraction of sp³-hybridized carbons (Fsp3) is 0.133. The predicted molar refractivity (Wildman–Crippen MR) is 86.0 cm³/mol. The molecule has 0 fully saturated rings. The van der Waals surface area contributed by atoms with Gasteiger partial charge in [-0.15, -0.1) is 0 Å². The van der Waals surface area contributed by atoms with Gasteiger partial charge in [0, 0.05) is 33.5 Å². The maximum absolute atomic E-state index is 10.7.